The summed E-state index contributed by atoms with van der Waals surface area (Å²) in [6.07, 6.45) is -2.28. The Kier molecular flexibility index (Phi) is 5.71. The third kappa shape index (κ3) is 4.82. The summed E-state index contributed by atoms with van der Waals surface area (Å²) in [5, 5.41) is 21.5. The molecule has 2 atom stereocenters. The molecule has 0 saturated heterocycles. The van der Waals surface area contributed by atoms with Gasteiger partial charge in [-0.2, -0.15) is 0 Å². The summed E-state index contributed by atoms with van der Waals surface area (Å²) in [6.45, 7) is 0.0143. The molecule has 0 aromatic heterocycles. The van der Waals surface area contributed by atoms with E-state index in [4.69, 9.17) is 4.74 Å². The van der Waals surface area contributed by atoms with Crippen LogP contribution in [-0.2, 0) is 16.1 Å². The topological polar surface area (TPSA) is 95.9 Å². The molecule has 0 aliphatic heterocycles. The van der Waals surface area contributed by atoms with Crippen LogP contribution < -0.4 is 5.32 Å². The number of ether oxygens (including phenoxy) is 1. The number of aliphatic hydroxyl groups is 1. The summed E-state index contributed by atoms with van der Waals surface area (Å²) < 4.78 is 4.97. The first kappa shape index (κ1) is 16.5. The van der Waals surface area contributed by atoms with Crippen molar-refractivity contribution in [2.45, 2.75) is 18.8 Å². The summed E-state index contributed by atoms with van der Waals surface area (Å²) in [5.41, 5.74) is 1.17. The van der Waals surface area contributed by atoms with Crippen molar-refractivity contribution in [3.05, 3.63) is 71.8 Å². The number of rotatable bonds is 6. The van der Waals surface area contributed by atoms with Crippen molar-refractivity contribution in [1.82, 2.24) is 5.32 Å². The number of hydrogen-bond acceptors (Lipinski definition) is 4. The molecule has 2 rings (SSSR count). The fraction of sp³-hybridized carbons (Fsp3) is 0.176. The standard InChI is InChI=1S/C17H17NO5/c19-15(13-9-5-2-6-10-13)14(16(20)21)18-17(22)23-11-12-7-3-1-4-8-12/h1-10,14-15,19H,11H2,(H,18,22)(H,20,21). The number of benzene rings is 2. The minimum absolute atomic E-state index is 0.0143. The van der Waals surface area contributed by atoms with E-state index in [9.17, 15) is 19.8 Å². The Labute approximate surface area is 133 Å². The number of carbonyl (C=O) groups is 2. The number of carboxylic acid groups (broad SMARTS) is 1. The Morgan fingerprint density at radius 2 is 1.57 bits per heavy atom. The maximum atomic E-state index is 11.8. The number of aliphatic hydroxyl groups excluding tert-OH is 1. The lowest BCUT2D eigenvalue weighted by Gasteiger charge is -2.20. The zero-order valence-corrected chi connectivity index (χ0v) is 12.3. The first-order chi connectivity index (χ1) is 11.1. The van der Waals surface area contributed by atoms with Crippen LogP contribution in [0, 0.1) is 0 Å². The van der Waals surface area contributed by atoms with Gasteiger partial charge < -0.3 is 20.3 Å². The molecule has 3 N–H and O–H groups in total. The van der Waals surface area contributed by atoms with Crippen LogP contribution >= 0.6 is 0 Å². The van der Waals surface area contributed by atoms with Gasteiger partial charge in [0.05, 0.1) is 0 Å². The van der Waals surface area contributed by atoms with Crippen LogP contribution in [0.2, 0.25) is 0 Å². The average molecular weight is 315 g/mol. The number of carboxylic acids is 1. The smallest absolute Gasteiger partial charge is 0.408 e. The fourth-order valence-corrected chi connectivity index (χ4v) is 2.01. The van der Waals surface area contributed by atoms with Crippen molar-refractivity contribution in [1.29, 1.82) is 0 Å². The molecule has 23 heavy (non-hydrogen) atoms. The van der Waals surface area contributed by atoms with Gasteiger partial charge in [0.2, 0.25) is 0 Å². The Morgan fingerprint density at radius 3 is 2.13 bits per heavy atom. The van der Waals surface area contributed by atoms with E-state index in [1.165, 1.54) is 0 Å². The molecule has 6 nitrogen and oxygen atoms in total. The molecule has 0 bridgehead atoms. The lowest BCUT2D eigenvalue weighted by atomic mass is 10.0. The molecule has 0 aliphatic carbocycles. The molecule has 2 unspecified atom stereocenters. The van der Waals surface area contributed by atoms with Crippen LogP contribution in [0.5, 0.6) is 0 Å². The molecule has 6 heteroatoms. The summed E-state index contributed by atoms with van der Waals surface area (Å²) >= 11 is 0. The first-order valence-electron chi connectivity index (χ1n) is 7.01. The second-order valence-electron chi connectivity index (χ2n) is 4.88. The van der Waals surface area contributed by atoms with Crippen molar-refractivity contribution >= 4 is 12.1 Å². The summed E-state index contributed by atoms with van der Waals surface area (Å²) in [6, 6.07) is 15.7. The van der Waals surface area contributed by atoms with E-state index >= 15 is 0 Å². The van der Waals surface area contributed by atoms with Gasteiger partial charge in [0.15, 0.2) is 6.04 Å². The molecule has 0 fully saturated rings. The molecule has 2 aromatic rings. The molecule has 0 heterocycles. The maximum Gasteiger partial charge on any atom is 0.408 e. The zero-order valence-electron chi connectivity index (χ0n) is 12.3. The molecular formula is C17H17NO5. The van der Waals surface area contributed by atoms with Crippen molar-refractivity contribution in [2.75, 3.05) is 0 Å². The fourth-order valence-electron chi connectivity index (χ4n) is 2.01. The highest BCUT2D eigenvalue weighted by molar-refractivity contribution is 5.80. The Morgan fingerprint density at radius 1 is 1.00 bits per heavy atom. The Bertz CT molecular complexity index is 645. The van der Waals surface area contributed by atoms with Gasteiger partial charge in [-0.1, -0.05) is 60.7 Å². The lowest BCUT2D eigenvalue weighted by molar-refractivity contribution is -0.142. The highest BCUT2D eigenvalue weighted by Crippen LogP contribution is 2.17. The SMILES string of the molecule is O=C(NC(C(=O)O)C(O)c1ccccc1)OCc1ccccc1. The molecule has 1 amide bonds. The van der Waals surface area contributed by atoms with Gasteiger partial charge in [0.25, 0.3) is 0 Å². The predicted octanol–water partition coefficient (Wildman–Crippen LogP) is 2.10. The highest BCUT2D eigenvalue weighted by Gasteiger charge is 2.29. The van der Waals surface area contributed by atoms with E-state index in [1.807, 2.05) is 6.07 Å². The Hall–Kier alpha value is -2.86. The van der Waals surface area contributed by atoms with Gasteiger partial charge >= 0.3 is 12.1 Å². The van der Waals surface area contributed by atoms with Gasteiger partial charge in [0, 0.05) is 0 Å². The van der Waals surface area contributed by atoms with Crippen molar-refractivity contribution in [2.24, 2.45) is 0 Å². The molecule has 0 aliphatic rings. The number of carbonyl (C=O) groups excluding carboxylic acids is 1. The van der Waals surface area contributed by atoms with E-state index < -0.39 is 24.2 Å². The van der Waals surface area contributed by atoms with Crippen molar-refractivity contribution in [3.63, 3.8) is 0 Å². The Balaban J connectivity index is 1.96. The molecule has 2 aromatic carbocycles. The van der Waals surface area contributed by atoms with Crippen LogP contribution in [0.4, 0.5) is 4.79 Å². The van der Waals surface area contributed by atoms with E-state index in [2.05, 4.69) is 5.32 Å². The minimum atomic E-state index is -1.50. The van der Waals surface area contributed by atoms with E-state index in [1.54, 1.807) is 54.6 Å². The monoisotopic (exact) mass is 315 g/mol. The zero-order chi connectivity index (χ0) is 16.7. The molecule has 0 spiro atoms. The third-order valence-corrected chi connectivity index (χ3v) is 3.21. The van der Waals surface area contributed by atoms with Crippen LogP contribution in [0.25, 0.3) is 0 Å². The largest absolute Gasteiger partial charge is 0.480 e. The van der Waals surface area contributed by atoms with Gasteiger partial charge in [-0.05, 0) is 11.1 Å². The number of amides is 1. The van der Waals surface area contributed by atoms with Gasteiger partial charge in [-0.3, -0.25) is 0 Å². The predicted molar refractivity (Wildman–Crippen MR) is 82.6 cm³/mol. The number of nitrogens with one attached hydrogen (secondary N) is 1. The van der Waals surface area contributed by atoms with Crippen LogP contribution in [0.15, 0.2) is 60.7 Å². The van der Waals surface area contributed by atoms with Crippen LogP contribution in [-0.4, -0.2) is 28.3 Å². The van der Waals surface area contributed by atoms with E-state index in [0.29, 0.717) is 5.56 Å². The minimum Gasteiger partial charge on any atom is -0.480 e. The van der Waals surface area contributed by atoms with Gasteiger partial charge in [-0.15, -0.1) is 0 Å². The van der Waals surface area contributed by atoms with E-state index in [0.717, 1.165) is 5.56 Å². The third-order valence-electron chi connectivity index (χ3n) is 3.21. The lowest BCUT2D eigenvalue weighted by Crippen LogP contribution is -2.45. The van der Waals surface area contributed by atoms with Gasteiger partial charge in [0.1, 0.15) is 12.7 Å². The normalized spacial score (nSPS) is 12.9. The van der Waals surface area contributed by atoms with Crippen molar-refractivity contribution in [3.8, 4) is 0 Å². The second-order valence-corrected chi connectivity index (χ2v) is 4.88. The molecule has 120 valence electrons. The van der Waals surface area contributed by atoms with Gasteiger partial charge in [-0.25, -0.2) is 9.59 Å². The first-order valence-corrected chi connectivity index (χ1v) is 7.01. The average Bonchev–Trinajstić information content (AvgIpc) is 2.58. The molecular weight excluding hydrogens is 298 g/mol. The van der Waals surface area contributed by atoms with E-state index in [-0.39, 0.29) is 6.61 Å². The highest BCUT2D eigenvalue weighted by atomic mass is 16.5. The van der Waals surface area contributed by atoms with Crippen LogP contribution in [0.1, 0.15) is 17.2 Å². The quantitative estimate of drug-likeness (QED) is 0.758. The van der Waals surface area contributed by atoms with Crippen LogP contribution in [0.3, 0.4) is 0 Å². The molecule has 0 saturated carbocycles. The maximum absolute atomic E-state index is 11.8. The second kappa shape index (κ2) is 7.95. The van der Waals surface area contributed by atoms with Crippen molar-refractivity contribution < 1.29 is 24.5 Å². The number of hydrogen-bond donors (Lipinski definition) is 3. The summed E-state index contributed by atoms with van der Waals surface area (Å²) in [4.78, 5) is 23.1. The molecule has 0 radical (unpaired) electrons. The number of aliphatic carboxylic acids is 1. The number of alkyl carbamates (subject to hydrolysis) is 1. The summed E-state index contributed by atoms with van der Waals surface area (Å²) in [5.74, 6) is -1.35. The summed E-state index contributed by atoms with van der Waals surface area (Å²) in [7, 11) is 0.